The number of nitrogens with one attached hydrogen (secondary N) is 1. The fourth-order valence-corrected chi connectivity index (χ4v) is 5.38. The van der Waals surface area contributed by atoms with E-state index in [2.05, 4.69) is 52.6 Å². The van der Waals surface area contributed by atoms with Gasteiger partial charge in [-0.05, 0) is 47.9 Å². The summed E-state index contributed by atoms with van der Waals surface area (Å²) in [5.41, 5.74) is 2.87. The summed E-state index contributed by atoms with van der Waals surface area (Å²) in [5, 5.41) is 11.2. The molecule has 1 N–H and O–H groups in total. The predicted molar refractivity (Wildman–Crippen MR) is 160 cm³/mol. The Morgan fingerprint density at radius 1 is 0.975 bits per heavy atom. The summed E-state index contributed by atoms with van der Waals surface area (Å²) < 4.78 is 5.82. The third-order valence-electron chi connectivity index (χ3n) is 7.30. The number of amides is 2. The molecule has 40 heavy (non-hydrogen) atoms. The van der Waals surface area contributed by atoms with Gasteiger partial charge in [0.25, 0.3) is 5.71 Å². The Hall–Kier alpha value is -4.17. The molecule has 0 bridgehead atoms. The van der Waals surface area contributed by atoms with E-state index in [1.54, 1.807) is 12.1 Å². The Morgan fingerprint density at radius 3 is 2.70 bits per heavy atom. The second kappa shape index (κ2) is 11.5. The van der Waals surface area contributed by atoms with E-state index in [1.807, 2.05) is 29.2 Å². The Kier molecular flexibility index (Phi) is 7.51. The van der Waals surface area contributed by atoms with E-state index in [0.717, 1.165) is 65.9 Å². The van der Waals surface area contributed by atoms with Crippen molar-refractivity contribution in [3.05, 3.63) is 77.6 Å². The molecule has 0 atom stereocenters. The number of benzene rings is 3. The number of aromatic nitrogens is 3. The van der Waals surface area contributed by atoms with Crippen LogP contribution in [0.25, 0.3) is 33.1 Å². The Morgan fingerprint density at radius 2 is 1.85 bits per heavy atom. The molecule has 8 nitrogen and oxygen atoms in total. The minimum atomic E-state index is -0.137. The number of carbonyl (C=O) groups is 1. The standard InChI is InChI=1S/C31H31ClN6O2/c1-2-3-12-26-34-29(37-15-7-16-38(18-17-37)31(39)33-25-11-6-10-24(32)20-25)27-28(36-40-30(27)35-26)23-14-13-21-8-4-5-9-22(21)19-23/h4-6,8-11,13-14,19-20H,2-3,7,12,15-18H2,1H3,(H,33,39). The number of hydrogen-bond donors (Lipinski definition) is 1. The normalized spacial score (nSPS) is 14.1. The van der Waals surface area contributed by atoms with E-state index in [1.165, 1.54) is 5.39 Å². The zero-order valence-electron chi connectivity index (χ0n) is 22.4. The molecular formula is C31H31ClN6O2. The zero-order valence-corrected chi connectivity index (χ0v) is 23.2. The van der Waals surface area contributed by atoms with Gasteiger partial charge in [-0.2, -0.15) is 4.98 Å². The molecule has 204 valence electrons. The highest BCUT2D eigenvalue weighted by molar-refractivity contribution is 6.30. The van der Waals surface area contributed by atoms with E-state index in [9.17, 15) is 4.79 Å². The second-order valence-corrected chi connectivity index (χ2v) is 10.5. The van der Waals surface area contributed by atoms with Crippen LogP contribution in [-0.2, 0) is 6.42 Å². The summed E-state index contributed by atoms with van der Waals surface area (Å²) in [5.74, 6) is 1.57. The van der Waals surface area contributed by atoms with E-state index in [-0.39, 0.29) is 6.03 Å². The Labute approximate surface area is 237 Å². The lowest BCUT2D eigenvalue weighted by atomic mass is 10.0. The number of rotatable bonds is 6. The van der Waals surface area contributed by atoms with Crippen molar-refractivity contribution in [2.24, 2.45) is 0 Å². The third-order valence-corrected chi connectivity index (χ3v) is 7.53. The number of hydrogen-bond acceptors (Lipinski definition) is 6. The number of anilines is 2. The average Bonchev–Trinajstić information content (AvgIpc) is 3.24. The molecule has 2 aromatic heterocycles. The SMILES string of the molecule is CCCCc1nc(N2CCCN(C(=O)Nc3cccc(Cl)c3)CC2)c2c(-c3ccc4ccccc4c3)noc2n1. The lowest BCUT2D eigenvalue weighted by Crippen LogP contribution is -2.38. The maximum Gasteiger partial charge on any atom is 0.321 e. The average molecular weight is 555 g/mol. The predicted octanol–water partition coefficient (Wildman–Crippen LogP) is 7.18. The van der Waals surface area contributed by atoms with Crippen molar-refractivity contribution < 1.29 is 9.32 Å². The molecule has 2 amide bonds. The van der Waals surface area contributed by atoms with Gasteiger partial charge in [-0.15, -0.1) is 0 Å². The maximum absolute atomic E-state index is 13.1. The van der Waals surface area contributed by atoms with E-state index < -0.39 is 0 Å². The Balaban J connectivity index is 1.32. The molecule has 0 radical (unpaired) electrons. The monoisotopic (exact) mass is 554 g/mol. The minimum Gasteiger partial charge on any atom is -0.354 e. The maximum atomic E-state index is 13.1. The Bertz CT molecular complexity index is 1670. The fraction of sp³-hybridized carbons (Fsp3) is 0.290. The lowest BCUT2D eigenvalue weighted by Gasteiger charge is -2.24. The first-order valence-corrected chi connectivity index (χ1v) is 14.2. The van der Waals surface area contributed by atoms with Gasteiger partial charge in [0.1, 0.15) is 22.7 Å². The molecule has 0 spiro atoms. The molecule has 1 saturated heterocycles. The van der Waals surface area contributed by atoms with Gasteiger partial charge in [-0.3, -0.25) is 0 Å². The van der Waals surface area contributed by atoms with Gasteiger partial charge >= 0.3 is 6.03 Å². The van der Waals surface area contributed by atoms with Crippen LogP contribution in [-0.4, -0.2) is 52.2 Å². The van der Waals surface area contributed by atoms with Crippen LogP contribution in [0.2, 0.25) is 5.02 Å². The minimum absolute atomic E-state index is 0.137. The molecule has 1 aliphatic rings. The molecule has 5 aromatic rings. The quantitative estimate of drug-likeness (QED) is 0.239. The van der Waals surface area contributed by atoms with Crippen LogP contribution in [0, 0.1) is 0 Å². The molecule has 9 heteroatoms. The number of nitrogens with zero attached hydrogens (tertiary/aromatic N) is 5. The molecule has 1 fully saturated rings. The summed E-state index contributed by atoms with van der Waals surface area (Å²) in [6.45, 7) is 4.73. The van der Waals surface area contributed by atoms with Crippen LogP contribution in [0.1, 0.15) is 32.0 Å². The number of urea groups is 1. The van der Waals surface area contributed by atoms with Gasteiger partial charge < -0.3 is 19.6 Å². The summed E-state index contributed by atoms with van der Waals surface area (Å²) in [6.07, 6.45) is 3.62. The first-order valence-electron chi connectivity index (χ1n) is 13.8. The van der Waals surface area contributed by atoms with Gasteiger partial charge in [0, 0.05) is 48.9 Å². The number of aryl methyl sites for hydroxylation is 1. The summed E-state index contributed by atoms with van der Waals surface area (Å²) in [4.78, 5) is 27.0. The summed E-state index contributed by atoms with van der Waals surface area (Å²) in [7, 11) is 0. The van der Waals surface area contributed by atoms with Crippen LogP contribution < -0.4 is 10.2 Å². The molecule has 0 unspecified atom stereocenters. The van der Waals surface area contributed by atoms with Crippen LogP contribution in [0.15, 0.2) is 71.3 Å². The number of halogens is 1. The lowest BCUT2D eigenvalue weighted by molar-refractivity contribution is 0.215. The number of fused-ring (bicyclic) bond motifs is 2. The van der Waals surface area contributed by atoms with E-state index in [0.29, 0.717) is 36.1 Å². The van der Waals surface area contributed by atoms with Gasteiger partial charge in [0.15, 0.2) is 0 Å². The summed E-state index contributed by atoms with van der Waals surface area (Å²) in [6, 6.07) is 21.6. The van der Waals surface area contributed by atoms with Crippen LogP contribution >= 0.6 is 11.6 Å². The highest BCUT2D eigenvalue weighted by atomic mass is 35.5. The molecule has 6 rings (SSSR count). The fourth-order valence-electron chi connectivity index (χ4n) is 5.19. The smallest absolute Gasteiger partial charge is 0.321 e. The van der Waals surface area contributed by atoms with Crippen LogP contribution in [0.3, 0.4) is 0 Å². The molecule has 1 aliphatic heterocycles. The topological polar surface area (TPSA) is 87.4 Å². The van der Waals surface area contributed by atoms with Crippen LogP contribution in [0.5, 0.6) is 0 Å². The molecule has 0 saturated carbocycles. The molecule has 3 aromatic carbocycles. The van der Waals surface area contributed by atoms with Gasteiger partial charge in [0.2, 0.25) is 0 Å². The van der Waals surface area contributed by atoms with Crippen molar-refractivity contribution in [3.8, 4) is 11.3 Å². The van der Waals surface area contributed by atoms with Crippen molar-refractivity contribution in [3.63, 3.8) is 0 Å². The van der Waals surface area contributed by atoms with Crippen molar-refractivity contribution in [2.45, 2.75) is 32.6 Å². The van der Waals surface area contributed by atoms with Crippen molar-refractivity contribution >= 4 is 51.0 Å². The van der Waals surface area contributed by atoms with Gasteiger partial charge in [-0.25, -0.2) is 9.78 Å². The van der Waals surface area contributed by atoms with Crippen LogP contribution in [0.4, 0.5) is 16.3 Å². The summed E-state index contributed by atoms with van der Waals surface area (Å²) >= 11 is 6.10. The molecular weight excluding hydrogens is 524 g/mol. The van der Waals surface area contributed by atoms with Crippen molar-refractivity contribution in [1.29, 1.82) is 0 Å². The van der Waals surface area contributed by atoms with Gasteiger partial charge in [-0.1, -0.05) is 72.6 Å². The third kappa shape index (κ3) is 5.45. The molecule has 3 heterocycles. The highest BCUT2D eigenvalue weighted by Crippen LogP contribution is 2.35. The first-order chi connectivity index (χ1) is 19.6. The number of unbranched alkanes of at least 4 members (excludes halogenated alkanes) is 1. The van der Waals surface area contributed by atoms with Gasteiger partial charge in [0.05, 0.1) is 0 Å². The highest BCUT2D eigenvalue weighted by Gasteiger charge is 2.26. The van der Waals surface area contributed by atoms with Crippen molar-refractivity contribution in [2.75, 3.05) is 36.4 Å². The van der Waals surface area contributed by atoms with E-state index >= 15 is 0 Å². The number of carbonyl (C=O) groups excluding carboxylic acids is 1. The van der Waals surface area contributed by atoms with E-state index in [4.69, 9.17) is 26.1 Å². The first kappa shape index (κ1) is 26.1. The largest absolute Gasteiger partial charge is 0.354 e. The molecule has 0 aliphatic carbocycles. The second-order valence-electron chi connectivity index (χ2n) is 10.1. The zero-order chi connectivity index (χ0) is 27.5. The van der Waals surface area contributed by atoms with Crippen molar-refractivity contribution in [1.82, 2.24) is 20.0 Å².